The second-order valence-electron chi connectivity index (χ2n) is 4.59. The Morgan fingerprint density at radius 1 is 1.33 bits per heavy atom. The van der Waals surface area contributed by atoms with Gasteiger partial charge < -0.3 is 4.74 Å². The summed E-state index contributed by atoms with van der Waals surface area (Å²) < 4.78 is 5.90. The first-order chi connectivity index (χ1) is 7.19. The van der Waals surface area contributed by atoms with Gasteiger partial charge in [0.2, 0.25) is 0 Å². The first kappa shape index (κ1) is 12.7. The molecule has 0 heterocycles. The molecule has 0 saturated heterocycles. The fourth-order valence-corrected chi connectivity index (χ4v) is 2.45. The van der Waals surface area contributed by atoms with Crippen molar-refractivity contribution in [2.75, 3.05) is 0 Å². The first-order valence-electron chi connectivity index (χ1n) is 6.37. The number of rotatable bonds is 5. The summed E-state index contributed by atoms with van der Waals surface area (Å²) in [6.07, 6.45) is 6.89. The van der Waals surface area contributed by atoms with E-state index in [1.807, 2.05) is 13.8 Å². The predicted molar refractivity (Wildman–Crippen MR) is 61.9 cm³/mol. The fourth-order valence-electron chi connectivity index (χ4n) is 2.45. The molecule has 1 fully saturated rings. The largest absolute Gasteiger partial charge is 0.367 e. The zero-order chi connectivity index (χ0) is 11.3. The number of hydrogen-bond donors (Lipinski definition) is 0. The molecule has 88 valence electrons. The molecular weight excluding hydrogens is 188 g/mol. The molecule has 0 amide bonds. The van der Waals surface area contributed by atoms with E-state index >= 15 is 0 Å². The van der Waals surface area contributed by atoms with E-state index in [0.29, 0.717) is 18.4 Å². The van der Waals surface area contributed by atoms with Crippen LogP contribution in [-0.2, 0) is 9.53 Å². The van der Waals surface area contributed by atoms with Gasteiger partial charge in [-0.1, -0.05) is 33.1 Å². The van der Waals surface area contributed by atoms with Gasteiger partial charge in [-0.25, -0.2) is 0 Å². The lowest BCUT2D eigenvalue weighted by Gasteiger charge is -2.32. The lowest BCUT2D eigenvalue weighted by molar-refractivity contribution is -0.136. The molecule has 1 aliphatic carbocycles. The number of hydrogen-bond acceptors (Lipinski definition) is 2. The molecule has 1 aliphatic rings. The quantitative estimate of drug-likeness (QED) is 0.698. The molecule has 0 aromatic heterocycles. The molecule has 0 N–H and O–H groups in total. The van der Waals surface area contributed by atoms with Gasteiger partial charge in [-0.2, -0.15) is 0 Å². The van der Waals surface area contributed by atoms with Crippen molar-refractivity contribution in [2.24, 2.45) is 5.92 Å². The Balaban J connectivity index is 2.43. The van der Waals surface area contributed by atoms with Crippen LogP contribution in [0.15, 0.2) is 0 Å². The Kier molecular flexibility index (Phi) is 5.30. The van der Waals surface area contributed by atoms with Crippen LogP contribution >= 0.6 is 0 Å². The first-order valence-corrected chi connectivity index (χ1v) is 6.37. The number of carbonyl (C=O) groups is 1. The number of ketones is 1. The molecule has 1 rings (SSSR count). The summed E-state index contributed by atoms with van der Waals surface area (Å²) in [5.41, 5.74) is 0. The van der Waals surface area contributed by atoms with Crippen LogP contribution in [0.5, 0.6) is 0 Å². The molecule has 0 aromatic rings. The van der Waals surface area contributed by atoms with Crippen LogP contribution < -0.4 is 0 Å². The smallest absolute Gasteiger partial charge is 0.161 e. The molecule has 3 unspecified atom stereocenters. The van der Waals surface area contributed by atoms with Gasteiger partial charge in [0.15, 0.2) is 5.78 Å². The van der Waals surface area contributed by atoms with Crippen molar-refractivity contribution in [3.8, 4) is 0 Å². The zero-order valence-electron chi connectivity index (χ0n) is 10.3. The van der Waals surface area contributed by atoms with E-state index in [-0.39, 0.29) is 11.9 Å². The SMILES string of the molecule is CCC(=O)C(C)OC1CCCCC1CC. The average Bonchev–Trinajstić information content (AvgIpc) is 2.28. The van der Waals surface area contributed by atoms with E-state index in [1.54, 1.807) is 0 Å². The summed E-state index contributed by atoms with van der Waals surface area (Å²) in [7, 11) is 0. The normalized spacial score (nSPS) is 28.7. The van der Waals surface area contributed by atoms with Crippen LogP contribution in [0.2, 0.25) is 0 Å². The van der Waals surface area contributed by atoms with Crippen molar-refractivity contribution in [1.82, 2.24) is 0 Å². The van der Waals surface area contributed by atoms with E-state index in [9.17, 15) is 4.79 Å². The van der Waals surface area contributed by atoms with Gasteiger partial charge in [0.05, 0.1) is 6.10 Å². The van der Waals surface area contributed by atoms with E-state index in [1.165, 1.54) is 25.7 Å². The van der Waals surface area contributed by atoms with Gasteiger partial charge in [-0.15, -0.1) is 0 Å². The van der Waals surface area contributed by atoms with E-state index in [4.69, 9.17) is 4.74 Å². The maximum Gasteiger partial charge on any atom is 0.161 e. The summed E-state index contributed by atoms with van der Waals surface area (Å²) in [6.45, 7) is 6.02. The molecule has 1 saturated carbocycles. The third-order valence-corrected chi connectivity index (χ3v) is 3.54. The Bertz CT molecular complexity index is 201. The monoisotopic (exact) mass is 212 g/mol. The highest BCUT2D eigenvalue weighted by molar-refractivity contribution is 5.82. The van der Waals surface area contributed by atoms with Crippen molar-refractivity contribution in [1.29, 1.82) is 0 Å². The van der Waals surface area contributed by atoms with Gasteiger partial charge in [0, 0.05) is 6.42 Å². The maximum atomic E-state index is 11.5. The third kappa shape index (κ3) is 3.60. The highest BCUT2D eigenvalue weighted by atomic mass is 16.5. The van der Waals surface area contributed by atoms with Crippen molar-refractivity contribution in [3.63, 3.8) is 0 Å². The molecule has 0 bridgehead atoms. The summed E-state index contributed by atoms with van der Waals surface area (Å²) >= 11 is 0. The average molecular weight is 212 g/mol. The Morgan fingerprint density at radius 3 is 2.60 bits per heavy atom. The molecule has 0 aromatic carbocycles. The zero-order valence-corrected chi connectivity index (χ0v) is 10.3. The number of ether oxygens (including phenoxy) is 1. The van der Waals surface area contributed by atoms with E-state index in [2.05, 4.69) is 6.92 Å². The molecular formula is C13H24O2. The molecule has 0 aliphatic heterocycles. The number of carbonyl (C=O) groups excluding carboxylic acids is 1. The van der Waals surface area contributed by atoms with E-state index in [0.717, 1.165) is 6.42 Å². The van der Waals surface area contributed by atoms with E-state index < -0.39 is 0 Å². The van der Waals surface area contributed by atoms with Crippen LogP contribution in [0.25, 0.3) is 0 Å². The van der Waals surface area contributed by atoms with Crippen molar-refractivity contribution >= 4 is 5.78 Å². The Hall–Kier alpha value is -0.370. The minimum atomic E-state index is -0.202. The van der Waals surface area contributed by atoms with Gasteiger partial charge in [-0.05, 0) is 25.7 Å². The van der Waals surface area contributed by atoms with Crippen molar-refractivity contribution in [2.45, 2.75) is 71.5 Å². The van der Waals surface area contributed by atoms with Gasteiger partial charge in [0.25, 0.3) is 0 Å². The summed E-state index contributed by atoms with van der Waals surface area (Å²) in [5.74, 6) is 0.904. The summed E-state index contributed by atoms with van der Waals surface area (Å²) in [4.78, 5) is 11.5. The molecule has 2 heteroatoms. The van der Waals surface area contributed by atoms with Crippen LogP contribution in [0.4, 0.5) is 0 Å². The topological polar surface area (TPSA) is 26.3 Å². The predicted octanol–water partition coefficient (Wildman–Crippen LogP) is 3.34. The maximum absolute atomic E-state index is 11.5. The molecule has 0 radical (unpaired) electrons. The highest BCUT2D eigenvalue weighted by Crippen LogP contribution is 2.30. The van der Waals surface area contributed by atoms with Gasteiger partial charge in [-0.3, -0.25) is 4.79 Å². The highest BCUT2D eigenvalue weighted by Gasteiger charge is 2.27. The lowest BCUT2D eigenvalue weighted by atomic mass is 9.84. The fraction of sp³-hybridized carbons (Fsp3) is 0.923. The summed E-state index contributed by atoms with van der Waals surface area (Å²) in [5, 5.41) is 0. The minimum absolute atomic E-state index is 0.202. The molecule has 0 spiro atoms. The minimum Gasteiger partial charge on any atom is -0.367 e. The molecule has 3 atom stereocenters. The number of Topliss-reactive ketones (excluding diaryl/α,β-unsaturated/α-hetero) is 1. The Labute approximate surface area is 93.4 Å². The van der Waals surface area contributed by atoms with Crippen LogP contribution in [0, 0.1) is 5.92 Å². The third-order valence-electron chi connectivity index (χ3n) is 3.54. The lowest BCUT2D eigenvalue weighted by Crippen LogP contribution is -2.33. The standard InChI is InChI=1S/C13H24O2/c1-4-11-8-6-7-9-13(11)15-10(3)12(14)5-2/h10-11,13H,4-9H2,1-3H3. The van der Waals surface area contributed by atoms with Crippen LogP contribution in [0.1, 0.15) is 59.3 Å². The summed E-state index contributed by atoms with van der Waals surface area (Å²) in [6, 6.07) is 0. The van der Waals surface area contributed by atoms with Crippen LogP contribution in [-0.4, -0.2) is 18.0 Å². The van der Waals surface area contributed by atoms with Crippen LogP contribution in [0.3, 0.4) is 0 Å². The van der Waals surface area contributed by atoms with Gasteiger partial charge in [0.1, 0.15) is 6.10 Å². The van der Waals surface area contributed by atoms with Gasteiger partial charge >= 0.3 is 0 Å². The molecule has 2 nitrogen and oxygen atoms in total. The van der Waals surface area contributed by atoms with Crippen molar-refractivity contribution < 1.29 is 9.53 Å². The Morgan fingerprint density at radius 2 is 2.00 bits per heavy atom. The second kappa shape index (κ2) is 6.26. The second-order valence-corrected chi connectivity index (χ2v) is 4.59. The van der Waals surface area contributed by atoms with Crippen molar-refractivity contribution in [3.05, 3.63) is 0 Å². The molecule has 15 heavy (non-hydrogen) atoms.